The van der Waals surface area contributed by atoms with Crippen LogP contribution in [-0.4, -0.2) is 36.9 Å². The second-order valence-corrected chi connectivity index (χ2v) is 6.00. The number of esters is 1. The molecule has 4 nitrogen and oxygen atoms in total. The highest BCUT2D eigenvalue weighted by atomic mass is 35.5. The van der Waals surface area contributed by atoms with Crippen molar-refractivity contribution in [3.8, 4) is 0 Å². The Kier molecular flexibility index (Phi) is 6.37. The summed E-state index contributed by atoms with van der Waals surface area (Å²) >= 11 is 5.84. The van der Waals surface area contributed by atoms with Gasteiger partial charge in [-0.3, -0.25) is 14.5 Å². The number of halogens is 1. The van der Waals surface area contributed by atoms with E-state index < -0.39 is 11.4 Å². The van der Waals surface area contributed by atoms with Gasteiger partial charge in [-0.2, -0.15) is 0 Å². The molecule has 1 aromatic rings. The summed E-state index contributed by atoms with van der Waals surface area (Å²) in [5, 5.41) is 0.681. The summed E-state index contributed by atoms with van der Waals surface area (Å²) in [6, 6.07) is 7.46. The molecule has 0 aliphatic heterocycles. The monoisotopic (exact) mass is 311 g/mol. The van der Waals surface area contributed by atoms with E-state index in [0.29, 0.717) is 11.6 Å². The summed E-state index contributed by atoms with van der Waals surface area (Å²) in [4.78, 5) is 25.9. The van der Waals surface area contributed by atoms with Crippen molar-refractivity contribution in [2.45, 2.75) is 27.3 Å². The van der Waals surface area contributed by atoms with E-state index in [0.717, 1.165) is 5.56 Å². The Balaban J connectivity index is 2.61. The van der Waals surface area contributed by atoms with Crippen molar-refractivity contribution in [2.24, 2.45) is 5.41 Å². The molecule has 0 fully saturated rings. The summed E-state index contributed by atoms with van der Waals surface area (Å²) in [6.45, 7) is 6.00. The fraction of sp³-hybridized carbons (Fsp3) is 0.500. The van der Waals surface area contributed by atoms with Crippen LogP contribution in [-0.2, 0) is 20.9 Å². The minimum absolute atomic E-state index is 0.155. The van der Waals surface area contributed by atoms with Gasteiger partial charge in [0, 0.05) is 11.6 Å². The van der Waals surface area contributed by atoms with Crippen LogP contribution in [0.25, 0.3) is 0 Å². The van der Waals surface area contributed by atoms with Gasteiger partial charge in [-0.15, -0.1) is 0 Å². The summed E-state index contributed by atoms with van der Waals surface area (Å²) < 4.78 is 4.95. The minimum atomic E-state index is -1.12. The lowest BCUT2D eigenvalue weighted by molar-refractivity contribution is -0.158. The molecule has 0 aliphatic carbocycles. The largest absolute Gasteiger partial charge is 0.465 e. The van der Waals surface area contributed by atoms with Crippen molar-refractivity contribution < 1.29 is 14.3 Å². The highest BCUT2D eigenvalue weighted by molar-refractivity contribution is 6.30. The molecule has 0 saturated heterocycles. The molecule has 1 aromatic carbocycles. The zero-order valence-electron chi connectivity index (χ0n) is 13.0. The van der Waals surface area contributed by atoms with Gasteiger partial charge >= 0.3 is 5.97 Å². The Morgan fingerprint density at radius 2 is 1.81 bits per heavy atom. The van der Waals surface area contributed by atoms with Crippen LogP contribution < -0.4 is 0 Å². The quantitative estimate of drug-likeness (QED) is 0.574. The summed E-state index contributed by atoms with van der Waals surface area (Å²) in [6.07, 6.45) is 0. The Labute approximate surface area is 131 Å². The van der Waals surface area contributed by atoms with Crippen LogP contribution in [0.2, 0.25) is 5.02 Å². The normalized spacial score (nSPS) is 11.5. The molecular formula is C16H22ClNO3. The van der Waals surface area contributed by atoms with Gasteiger partial charge in [0.25, 0.3) is 0 Å². The minimum Gasteiger partial charge on any atom is -0.465 e. The first kappa shape index (κ1) is 17.7. The van der Waals surface area contributed by atoms with E-state index in [2.05, 4.69) is 0 Å². The third-order valence-electron chi connectivity index (χ3n) is 3.26. The van der Waals surface area contributed by atoms with Gasteiger partial charge in [-0.05, 0) is 45.5 Å². The topological polar surface area (TPSA) is 46.6 Å². The number of carbonyl (C=O) groups is 2. The van der Waals surface area contributed by atoms with Gasteiger partial charge < -0.3 is 4.74 Å². The first-order valence-corrected chi connectivity index (χ1v) is 7.28. The van der Waals surface area contributed by atoms with Crippen molar-refractivity contribution in [1.82, 2.24) is 4.90 Å². The molecule has 0 N–H and O–H groups in total. The third kappa shape index (κ3) is 5.14. The molecule has 0 bridgehead atoms. The predicted molar refractivity (Wildman–Crippen MR) is 83.2 cm³/mol. The molecule has 0 spiro atoms. The van der Waals surface area contributed by atoms with Crippen LogP contribution in [0.15, 0.2) is 24.3 Å². The lowest BCUT2D eigenvalue weighted by Crippen LogP contribution is -2.41. The van der Waals surface area contributed by atoms with Gasteiger partial charge in [0.1, 0.15) is 5.41 Å². The van der Waals surface area contributed by atoms with Crippen molar-refractivity contribution in [1.29, 1.82) is 0 Å². The smallest absolute Gasteiger partial charge is 0.319 e. The molecule has 0 atom stereocenters. The molecule has 0 unspecified atom stereocenters. The molecule has 1 rings (SSSR count). The number of ether oxygens (including phenoxy) is 1. The molecule has 116 valence electrons. The highest BCUT2D eigenvalue weighted by Gasteiger charge is 2.37. The number of rotatable bonds is 7. The number of benzene rings is 1. The number of nitrogens with zero attached hydrogens (tertiary/aromatic N) is 1. The van der Waals surface area contributed by atoms with Crippen LogP contribution in [0.4, 0.5) is 0 Å². The van der Waals surface area contributed by atoms with Gasteiger partial charge in [-0.1, -0.05) is 23.7 Å². The maximum atomic E-state index is 12.3. The standard InChI is InChI=1S/C16H22ClNO3/c1-5-21-15(20)16(2,3)14(19)11-18(4)10-12-6-8-13(17)9-7-12/h6-9H,5,10-11H2,1-4H3. The van der Waals surface area contributed by atoms with Gasteiger partial charge in [0.2, 0.25) is 0 Å². The van der Waals surface area contributed by atoms with E-state index >= 15 is 0 Å². The van der Waals surface area contributed by atoms with Crippen LogP contribution in [0, 0.1) is 5.41 Å². The van der Waals surface area contributed by atoms with Crippen molar-refractivity contribution in [2.75, 3.05) is 20.2 Å². The highest BCUT2D eigenvalue weighted by Crippen LogP contribution is 2.20. The van der Waals surface area contributed by atoms with Crippen LogP contribution in [0.3, 0.4) is 0 Å². The number of ketones is 1. The summed E-state index contributed by atoms with van der Waals surface area (Å²) in [7, 11) is 1.84. The van der Waals surface area contributed by atoms with Gasteiger partial charge in [0.15, 0.2) is 5.78 Å². The number of Topliss-reactive ketones (excluding diaryl/α,β-unsaturated/α-hetero) is 1. The van der Waals surface area contributed by atoms with E-state index in [1.54, 1.807) is 20.8 Å². The first-order chi connectivity index (χ1) is 9.77. The van der Waals surface area contributed by atoms with E-state index in [1.165, 1.54) is 0 Å². The lowest BCUT2D eigenvalue weighted by Gasteiger charge is -2.24. The molecule has 0 saturated carbocycles. The number of hydrogen-bond acceptors (Lipinski definition) is 4. The second kappa shape index (κ2) is 7.57. The van der Waals surface area contributed by atoms with Crippen LogP contribution in [0.1, 0.15) is 26.3 Å². The number of carbonyl (C=O) groups excluding carboxylic acids is 2. The molecule has 0 aromatic heterocycles. The van der Waals surface area contributed by atoms with Crippen LogP contribution >= 0.6 is 11.6 Å². The Hall–Kier alpha value is -1.39. The zero-order chi connectivity index (χ0) is 16.0. The molecule has 0 heterocycles. The molecule has 0 radical (unpaired) electrons. The summed E-state index contributed by atoms with van der Waals surface area (Å²) in [5.41, 5.74) is -0.0618. The summed E-state index contributed by atoms with van der Waals surface area (Å²) in [5.74, 6) is -0.632. The number of hydrogen-bond donors (Lipinski definition) is 0. The Bertz CT molecular complexity index is 497. The second-order valence-electron chi connectivity index (χ2n) is 5.57. The molecule has 21 heavy (non-hydrogen) atoms. The fourth-order valence-electron chi connectivity index (χ4n) is 1.83. The zero-order valence-corrected chi connectivity index (χ0v) is 13.7. The van der Waals surface area contributed by atoms with Crippen molar-refractivity contribution in [3.63, 3.8) is 0 Å². The van der Waals surface area contributed by atoms with E-state index in [-0.39, 0.29) is 18.9 Å². The van der Waals surface area contributed by atoms with E-state index in [1.807, 2.05) is 36.2 Å². The maximum absolute atomic E-state index is 12.3. The maximum Gasteiger partial charge on any atom is 0.319 e. The van der Waals surface area contributed by atoms with E-state index in [4.69, 9.17) is 16.3 Å². The predicted octanol–water partition coefficient (Wildman–Crippen LogP) is 2.93. The number of likely N-dealkylation sites (N-methyl/N-ethyl adjacent to an activating group) is 1. The van der Waals surface area contributed by atoms with E-state index in [9.17, 15) is 9.59 Å². The van der Waals surface area contributed by atoms with Crippen molar-refractivity contribution in [3.05, 3.63) is 34.9 Å². The van der Waals surface area contributed by atoms with Gasteiger partial charge in [0.05, 0.1) is 13.2 Å². The Morgan fingerprint density at radius 3 is 2.33 bits per heavy atom. The van der Waals surface area contributed by atoms with Gasteiger partial charge in [-0.25, -0.2) is 0 Å². The molecule has 0 aliphatic rings. The van der Waals surface area contributed by atoms with Crippen LogP contribution in [0.5, 0.6) is 0 Å². The fourth-order valence-corrected chi connectivity index (χ4v) is 1.95. The SMILES string of the molecule is CCOC(=O)C(C)(C)C(=O)CN(C)Cc1ccc(Cl)cc1. The van der Waals surface area contributed by atoms with Crippen molar-refractivity contribution >= 4 is 23.4 Å². The molecular weight excluding hydrogens is 290 g/mol. The Morgan fingerprint density at radius 1 is 1.24 bits per heavy atom. The molecule has 5 heteroatoms. The third-order valence-corrected chi connectivity index (χ3v) is 3.51. The first-order valence-electron chi connectivity index (χ1n) is 6.91. The lowest BCUT2D eigenvalue weighted by atomic mass is 9.88. The average molecular weight is 312 g/mol. The average Bonchev–Trinajstić information content (AvgIpc) is 2.41. The molecule has 0 amide bonds.